The predicted molar refractivity (Wildman–Crippen MR) is 141 cm³/mol. The van der Waals surface area contributed by atoms with Crippen LogP contribution in [0.1, 0.15) is 0 Å². The molecular formula is C28H17N3S2. The second kappa shape index (κ2) is 7.37. The molecule has 0 radical (unpaired) electrons. The number of nitrogens with zero attached hydrogens (tertiary/aromatic N) is 3. The zero-order valence-electron chi connectivity index (χ0n) is 17.5. The lowest BCUT2D eigenvalue weighted by molar-refractivity contribution is 1.06. The van der Waals surface area contributed by atoms with E-state index in [9.17, 15) is 0 Å². The van der Waals surface area contributed by atoms with Crippen LogP contribution in [0.4, 0.5) is 0 Å². The third-order valence-electron chi connectivity index (χ3n) is 6.03. The van der Waals surface area contributed by atoms with Crippen LogP contribution in [0.25, 0.3) is 59.7 Å². The van der Waals surface area contributed by atoms with Gasteiger partial charge in [-0.1, -0.05) is 54.6 Å². The first kappa shape index (κ1) is 18.7. The van der Waals surface area contributed by atoms with Gasteiger partial charge in [0.15, 0.2) is 0 Å². The zero-order chi connectivity index (χ0) is 21.8. The number of fused-ring (bicyclic) bond motifs is 4. The monoisotopic (exact) mass is 459 g/mol. The Kier molecular flexibility index (Phi) is 4.19. The van der Waals surface area contributed by atoms with Crippen LogP contribution >= 0.6 is 22.7 Å². The summed E-state index contributed by atoms with van der Waals surface area (Å²) in [5, 5.41) is 7.96. The van der Waals surface area contributed by atoms with Crippen molar-refractivity contribution in [3.8, 4) is 28.3 Å². The molecule has 7 rings (SSSR count). The van der Waals surface area contributed by atoms with Crippen LogP contribution in [-0.2, 0) is 0 Å². The molecule has 156 valence electrons. The van der Waals surface area contributed by atoms with Gasteiger partial charge in [0.25, 0.3) is 0 Å². The molecule has 0 aliphatic rings. The number of rotatable bonds is 3. The molecule has 0 saturated carbocycles. The zero-order valence-corrected chi connectivity index (χ0v) is 19.1. The summed E-state index contributed by atoms with van der Waals surface area (Å²) < 4.78 is 3.53. The van der Waals surface area contributed by atoms with E-state index in [-0.39, 0.29) is 0 Å². The maximum atomic E-state index is 5.12. The minimum Gasteiger partial charge on any atom is -0.278 e. The lowest BCUT2D eigenvalue weighted by Gasteiger charge is -2.09. The van der Waals surface area contributed by atoms with Crippen molar-refractivity contribution < 1.29 is 0 Å². The number of para-hydroxylation sites is 1. The van der Waals surface area contributed by atoms with Gasteiger partial charge in [-0.05, 0) is 41.8 Å². The molecule has 5 aromatic heterocycles. The van der Waals surface area contributed by atoms with E-state index in [1.54, 1.807) is 22.7 Å². The van der Waals surface area contributed by atoms with Crippen LogP contribution < -0.4 is 0 Å². The molecule has 7 aromatic rings. The summed E-state index contributed by atoms with van der Waals surface area (Å²) in [6, 6.07) is 31.5. The van der Waals surface area contributed by atoms with Gasteiger partial charge in [-0.15, -0.1) is 22.7 Å². The first-order chi connectivity index (χ1) is 16.4. The van der Waals surface area contributed by atoms with Crippen molar-refractivity contribution in [2.45, 2.75) is 0 Å². The fraction of sp³-hybridized carbons (Fsp3) is 0. The molecule has 0 amide bonds. The van der Waals surface area contributed by atoms with Crippen molar-refractivity contribution >= 4 is 54.0 Å². The molecule has 0 atom stereocenters. The topological polar surface area (TPSA) is 30.7 Å². The molecule has 0 fully saturated rings. The van der Waals surface area contributed by atoms with Crippen molar-refractivity contribution in [1.82, 2.24) is 14.5 Å². The van der Waals surface area contributed by atoms with E-state index in [0.717, 1.165) is 39.3 Å². The second-order valence-corrected chi connectivity index (χ2v) is 9.99. The van der Waals surface area contributed by atoms with Crippen molar-refractivity contribution in [2.75, 3.05) is 0 Å². The van der Waals surface area contributed by atoms with Gasteiger partial charge in [0.1, 0.15) is 11.5 Å². The maximum Gasteiger partial charge on any atom is 0.147 e. The summed E-state index contributed by atoms with van der Waals surface area (Å²) in [4.78, 5) is 10.2. The van der Waals surface area contributed by atoms with Gasteiger partial charge in [0, 0.05) is 32.7 Å². The van der Waals surface area contributed by atoms with Crippen molar-refractivity contribution in [3.05, 3.63) is 102 Å². The van der Waals surface area contributed by atoms with E-state index in [0.29, 0.717) is 0 Å². The number of hydrogen-bond acceptors (Lipinski definition) is 4. The Morgan fingerprint density at radius 3 is 2.42 bits per heavy atom. The average Bonchev–Trinajstić information content (AvgIpc) is 3.57. The number of pyridine rings is 2. The highest BCUT2D eigenvalue weighted by Gasteiger charge is 2.16. The van der Waals surface area contributed by atoms with Crippen molar-refractivity contribution in [1.29, 1.82) is 0 Å². The Morgan fingerprint density at radius 1 is 0.606 bits per heavy atom. The van der Waals surface area contributed by atoms with Gasteiger partial charge >= 0.3 is 0 Å². The highest BCUT2D eigenvalue weighted by Crippen LogP contribution is 2.37. The van der Waals surface area contributed by atoms with Crippen LogP contribution in [0.3, 0.4) is 0 Å². The highest BCUT2D eigenvalue weighted by molar-refractivity contribution is 7.37. The standard InChI is InChI=1S/C28H17N3S2/c1-2-7-18(8-3-1)23-14-13-20-19-9-4-5-11-25(19)31(27(20)30-23)26-12-6-10-24(29-26)22-17-33-28-21(22)15-16-32-28/h1-17H. The minimum absolute atomic E-state index is 0.881. The largest absolute Gasteiger partial charge is 0.278 e. The number of benzene rings is 2. The molecule has 5 heteroatoms. The average molecular weight is 460 g/mol. The lowest BCUT2D eigenvalue weighted by Crippen LogP contribution is -2.00. The molecule has 0 aliphatic heterocycles. The van der Waals surface area contributed by atoms with Crippen molar-refractivity contribution in [3.63, 3.8) is 0 Å². The second-order valence-electron chi connectivity index (χ2n) is 7.94. The van der Waals surface area contributed by atoms with E-state index in [2.05, 4.69) is 88.1 Å². The molecule has 33 heavy (non-hydrogen) atoms. The summed E-state index contributed by atoms with van der Waals surface area (Å²) >= 11 is 3.57. The molecule has 0 bridgehead atoms. The first-order valence-electron chi connectivity index (χ1n) is 10.7. The fourth-order valence-corrected chi connectivity index (χ4v) is 6.44. The van der Waals surface area contributed by atoms with E-state index >= 15 is 0 Å². The van der Waals surface area contributed by atoms with Crippen LogP contribution in [0.15, 0.2) is 102 Å². The van der Waals surface area contributed by atoms with Crippen molar-refractivity contribution in [2.24, 2.45) is 0 Å². The smallest absolute Gasteiger partial charge is 0.147 e. The van der Waals surface area contributed by atoms with E-state index in [1.807, 2.05) is 18.2 Å². The Hall–Kier alpha value is -3.80. The van der Waals surface area contributed by atoms with Gasteiger partial charge in [0.2, 0.25) is 0 Å². The summed E-state index contributed by atoms with van der Waals surface area (Å²) in [5.41, 5.74) is 6.28. The summed E-state index contributed by atoms with van der Waals surface area (Å²) in [6.07, 6.45) is 0. The molecule has 2 aromatic carbocycles. The predicted octanol–water partition coefficient (Wildman–Crippen LogP) is 8.18. The maximum absolute atomic E-state index is 5.12. The summed E-state index contributed by atoms with van der Waals surface area (Å²) in [7, 11) is 0. The Labute approximate surface area is 198 Å². The Morgan fingerprint density at radius 2 is 1.48 bits per heavy atom. The van der Waals surface area contributed by atoms with E-state index < -0.39 is 0 Å². The van der Waals surface area contributed by atoms with Crippen LogP contribution in [0.2, 0.25) is 0 Å². The fourth-order valence-electron chi connectivity index (χ4n) is 4.50. The van der Waals surface area contributed by atoms with Gasteiger partial charge in [0.05, 0.1) is 20.9 Å². The SMILES string of the molecule is c1ccc(-c2ccc3c4ccccc4n(-c4cccc(-c5csc6sccc56)n4)c3n2)cc1. The minimum atomic E-state index is 0.881. The highest BCUT2D eigenvalue weighted by atomic mass is 32.2. The molecule has 0 unspecified atom stereocenters. The lowest BCUT2D eigenvalue weighted by atomic mass is 10.1. The molecule has 0 saturated heterocycles. The number of aromatic nitrogens is 3. The normalized spacial score (nSPS) is 11.6. The molecule has 5 heterocycles. The Balaban J connectivity index is 1.50. The van der Waals surface area contributed by atoms with Gasteiger partial charge in [-0.25, -0.2) is 9.97 Å². The molecule has 0 aliphatic carbocycles. The van der Waals surface area contributed by atoms with Crippen LogP contribution in [-0.4, -0.2) is 14.5 Å². The first-order valence-corrected chi connectivity index (χ1v) is 12.5. The molecule has 0 N–H and O–H groups in total. The Bertz CT molecular complexity index is 1770. The molecule has 3 nitrogen and oxygen atoms in total. The summed E-state index contributed by atoms with van der Waals surface area (Å²) in [6.45, 7) is 0. The summed E-state index contributed by atoms with van der Waals surface area (Å²) in [5.74, 6) is 0.881. The van der Waals surface area contributed by atoms with Gasteiger partial charge in [-0.3, -0.25) is 4.57 Å². The number of hydrogen-bond donors (Lipinski definition) is 0. The molecular weight excluding hydrogens is 442 g/mol. The van der Waals surface area contributed by atoms with Crippen LogP contribution in [0.5, 0.6) is 0 Å². The third-order valence-corrected chi connectivity index (χ3v) is 8.11. The van der Waals surface area contributed by atoms with Gasteiger partial charge in [-0.2, -0.15) is 0 Å². The number of thiophene rings is 2. The van der Waals surface area contributed by atoms with Gasteiger partial charge < -0.3 is 0 Å². The van der Waals surface area contributed by atoms with Crippen LogP contribution in [0, 0.1) is 0 Å². The van der Waals surface area contributed by atoms with E-state index in [1.165, 1.54) is 20.3 Å². The third kappa shape index (κ3) is 2.94. The molecule has 0 spiro atoms. The quantitative estimate of drug-likeness (QED) is 0.267. The van der Waals surface area contributed by atoms with E-state index in [4.69, 9.17) is 9.97 Å².